The van der Waals surface area contributed by atoms with Crippen molar-refractivity contribution in [1.29, 1.82) is 0 Å². The van der Waals surface area contributed by atoms with E-state index in [0.29, 0.717) is 18.9 Å². The van der Waals surface area contributed by atoms with Gasteiger partial charge in [0.05, 0.1) is 6.61 Å². The van der Waals surface area contributed by atoms with Crippen LogP contribution in [-0.2, 0) is 6.42 Å². The predicted octanol–water partition coefficient (Wildman–Crippen LogP) is 2.05. The number of hydrogen-bond donors (Lipinski definition) is 2. The van der Waals surface area contributed by atoms with E-state index in [1.54, 1.807) is 6.07 Å². The van der Waals surface area contributed by atoms with Crippen LogP contribution in [0.1, 0.15) is 12.5 Å². The summed E-state index contributed by atoms with van der Waals surface area (Å²) in [6.07, 6.45) is 0.765. The van der Waals surface area contributed by atoms with Gasteiger partial charge < -0.3 is 15.6 Å². The molecule has 0 saturated heterocycles. The molecule has 0 aromatic heterocycles. The summed E-state index contributed by atoms with van der Waals surface area (Å²) in [5.74, 6) is 0.665. The number of hydrogen-bond acceptors (Lipinski definition) is 3. The first-order valence-electron chi connectivity index (χ1n) is 4.53. The highest BCUT2D eigenvalue weighted by Gasteiger charge is 2.07. The summed E-state index contributed by atoms with van der Waals surface area (Å²) in [5.41, 5.74) is 6.52. The lowest BCUT2D eigenvalue weighted by Gasteiger charge is -2.09. The normalized spacial score (nSPS) is 10.2. The Morgan fingerprint density at radius 1 is 1.50 bits per heavy atom. The lowest BCUT2D eigenvalue weighted by atomic mass is 10.1. The van der Waals surface area contributed by atoms with Crippen molar-refractivity contribution in [3.8, 4) is 11.5 Å². The molecule has 0 aliphatic rings. The third-order valence-electron chi connectivity index (χ3n) is 1.84. The summed E-state index contributed by atoms with van der Waals surface area (Å²) in [5, 5.41) is 9.53. The molecule has 0 heterocycles. The van der Waals surface area contributed by atoms with Crippen LogP contribution in [0.5, 0.6) is 11.5 Å². The van der Waals surface area contributed by atoms with Crippen LogP contribution in [0.4, 0.5) is 0 Å². The van der Waals surface area contributed by atoms with Crippen LogP contribution in [0.3, 0.4) is 0 Å². The molecule has 1 aromatic rings. The van der Waals surface area contributed by atoms with Crippen molar-refractivity contribution in [2.24, 2.45) is 5.73 Å². The molecule has 3 N–H and O–H groups in total. The fourth-order valence-electron chi connectivity index (χ4n) is 1.20. The Hall–Kier alpha value is -0.740. The highest BCUT2D eigenvalue weighted by molar-refractivity contribution is 9.10. The van der Waals surface area contributed by atoms with E-state index in [1.807, 2.05) is 13.0 Å². The predicted molar refractivity (Wildman–Crippen MR) is 59.7 cm³/mol. The Kier molecular flexibility index (Phi) is 4.22. The van der Waals surface area contributed by atoms with Crippen molar-refractivity contribution in [2.75, 3.05) is 13.2 Å². The van der Waals surface area contributed by atoms with Crippen molar-refractivity contribution >= 4 is 15.9 Å². The second kappa shape index (κ2) is 5.22. The third kappa shape index (κ3) is 2.62. The first kappa shape index (κ1) is 11.3. The zero-order valence-electron chi connectivity index (χ0n) is 8.09. The minimum atomic E-state index is 0.152. The molecule has 3 nitrogen and oxygen atoms in total. The molecule has 14 heavy (non-hydrogen) atoms. The Labute approximate surface area is 92.0 Å². The van der Waals surface area contributed by atoms with Gasteiger partial charge in [0.15, 0.2) is 11.5 Å². The van der Waals surface area contributed by atoms with Crippen LogP contribution < -0.4 is 10.5 Å². The molecule has 0 aliphatic carbocycles. The number of ether oxygens (including phenoxy) is 1. The first-order valence-corrected chi connectivity index (χ1v) is 5.32. The number of phenolic OH excluding ortho intramolecular Hbond substituents is 1. The number of benzene rings is 1. The van der Waals surface area contributed by atoms with Crippen molar-refractivity contribution in [3.05, 3.63) is 22.2 Å². The number of phenols is 1. The maximum absolute atomic E-state index is 9.53. The van der Waals surface area contributed by atoms with Crippen LogP contribution in [-0.4, -0.2) is 18.3 Å². The monoisotopic (exact) mass is 259 g/mol. The summed E-state index contributed by atoms with van der Waals surface area (Å²) in [6, 6.07) is 3.45. The molecule has 0 bridgehead atoms. The molecule has 4 heteroatoms. The summed E-state index contributed by atoms with van der Waals surface area (Å²) in [6.45, 7) is 3.00. The first-order chi connectivity index (χ1) is 6.69. The Bertz CT molecular complexity index is 288. The molecule has 0 unspecified atom stereocenters. The Morgan fingerprint density at radius 2 is 2.21 bits per heavy atom. The maximum Gasteiger partial charge on any atom is 0.161 e. The van der Waals surface area contributed by atoms with Crippen molar-refractivity contribution in [2.45, 2.75) is 13.3 Å². The topological polar surface area (TPSA) is 55.5 Å². The van der Waals surface area contributed by atoms with Crippen LogP contribution in [0.15, 0.2) is 16.6 Å². The number of aromatic hydroxyl groups is 1. The van der Waals surface area contributed by atoms with Crippen LogP contribution >= 0.6 is 15.9 Å². The van der Waals surface area contributed by atoms with Crippen molar-refractivity contribution in [1.82, 2.24) is 0 Å². The van der Waals surface area contributed by atoms with Gasteiger partial charge in [-0.1, -0.05) is 15.9 Å². The van der Waals surface area contributed by atoms with E-state index in [9.17, 15) is 5.11 Å². The maximum atomic E-state index is 9.53. The average Bonchev–Trinajstić information content (AvgIpc) is 2.14. The van der Waals surface area contributed by atoms with Gasteiger partial charge in [-0.15, -0.1) is 0 Å². The molecular formula is C10H14BrNO2. The Morgan fingerprint density at radius 3 is 2.79 bits per heavy atom. The van der Waals surface area contributed by atoms with Gasteiger partial charge in [0.1, 0.15) is 0 Å². The second-order valence-corrected chi connectivity index (χ2v) is 3.74. The molecule has 78 valence electrons. The van der Waals surface area contributed by atoms with E-state index >= 15 is 0 Å². The molecule has 1 rings (SSSR count). The van der Waals surface area contributed by atoms with E-state index in [4.69, 9.17) is 10.5 Å². The molecule has 0 spiro atoms. The Balaban J connectivity index is 3.00. The van der Waals surface area contributed by atoms with E-state index in [0.717, 1.165) is 16.5 Å². The third-order valence-corrected chi connectivity index (χ3v) is 2.58. The molecule has 0 atom stereocenters. The van der Waals surface area contributed by atoms with E-state index in [2.05, 4.69) is 15.9 Å². The molecule has 0 radical (unpaired) electrons. The van der Waals surface area contributed by atoms with Gasteiger partial charge in [-0.2, -0.15) is 0 Å². The fraction of sp³-hybridized carbons (Fsp3) is 0.400. The van der Waals surface area contributed by atoms with Crippen molar-refractivity contribution in [3.63, 3.8) is 0 Å². The highest BCUT2D eigenvalue weighted by atomic mass is 79.9. The van der Waals surface area contributed by atoms with Gasteiger partial charge >= 0.3 is 0 Å². The fourth-order valence-corrected chi connectivity index (χ4v) is 1.73. The minimum absolute atomic E-state index is 0.152. The average molecular weight is 260 g/mol. The largest absolute Gasteiger partial charge is 0.504 e. The van der Waals surface area contributed by atoms with Crippen molar-refractivity contribution < 1.29 is 9.84 Å². The quantitative estimate of drug-likeness (QED) is 0.871. The lowest BCUT2D eigenvalue weighted by molar-refractivity contribution is 0.317. The van der Waals surface area contributed by atoms with Gasteiger partial charge in [0.2, 0.25) is 0 Å². The summed E-state index contributed by atoms with van der Waals surface area (Å²) in [4.78, 5) is 0. The lowest BCUT2D eigenvalue weighted by Crippen LogP contribution is -2.04. The summed E-state index contributed by atoms with van der Waals surface area (Å²) >= 11 is 3.36. The van der Waals surface area contributed by atoms with E-state index in [1.165, 1.54) is 0 Å². The zero-order chi connectivity index (χ0) is 10.6. The SMILES string of the molecule is CCOc1cc(CCN)c(Br)cc1O. The molecule has 0 aliphatic heterocycles. The second-order valence-electron chi connectivity index (χ2n) is 2.88. The van der Waals surface area contributed by atoms with Gasteiger partial charge in [-0.05, 0) is 37.6 Å². The van der Waals surface area contributed by atoms with Gasteiger partial charge in [0.25, 0.3) is 0 Å². The number of nitrogens with two attached hydrogens (primary N) is 1. The highest BCUT2D eigenvalue weighted by Crippen LogP contribution is 2.32. The van der Waals surface area contributed by atoms with Crippen LogP contribution in [0.25, 0.3) is 0 Å². The van der Waals surface area contributed by atoms with E-state index < -0.39 is 0 Å². The smallest absolute Gasteiger partial charge is 0.161 e. The molecule has 0 amide bonds. The zero-order valence-corrected chi connectivity index (χ0v) is 9.67. The van der Waals surface area contributed by atoms with Gasteiger partial charge in [-0.25, -0.2) is 0 Å². The molecule has 0 saturated carbocycles. The molecule has 1 aromatic carbocycles. The summed E-state index contributed by atoms with van der Waals surface area (Å²) < 4.78 is 6.13. The molecule has 0 fully saturated rings. The minimum Gasteiger partial charge on any atom is -0.504 e. The number of halogens is 1. The van der Waals surface area contributed by atoms with Gasteiger partial charge in [0, 0.05) is 4.47 Å². The van der Waals surface area contributed by atoms with E-state index in [-0.39, 0.29) is 5.75 Å². The molecular weight excluding hydrogens is 246 g/mol. The van der Waals surface area contributed by atoms with Crippen LogP contribution in [0, 0.1) is 0 Å². The standard InChI is InChI=1S/C10H14BrNO2/c1-2-14-10-5-7(3-4-12)8(11)6-9(10)13/h5-6,13H,2-4,12H2,1H3. The number of rotatable bonds is 4. The summed E-state index contributed by atoms with van der Waals surface area (Å²) in [7, 11) is 0. The van der Waals surface area contributed by atoms with Gasteiger partial charge in [-0.3, -0.25) is 0 Å². The van der Waals surface area contributed by atoms with Crippen LogP contribution in [0.2, 0.25) is 0 Å².